The Balaban J connectivity index is 1.68. The Morgan fingerprint density at radius 2 is 2.10 bits per heavy atom. The van der Waals surface area contributed by atoms with Gasteiger partial charge in [0.2, 0.25) is 0 Å². The molecule has 6 nitrogen and oxygen atoms in total. The lowest BCUT2D eigenvalue weighted by atomic mass is 10.3. The van der Waals surface area contributed by atoms with E-state index in [4.69, 9.17) is 0 Å². The lowest BCUT2D eigenvalue weighted by molar-refractivity contribution is 0.494. The monoisotopic (exact) mass is 266 g/mol. The standard InChI is InChI=1S/C14H14N6/c1-3-12-13(15-5-1)16-10-17-14(12)19-8-4-11(9-19)20-7-2-6-18-20/h1-3,5-7,10-11H,4,8-9H2. The predicted molar refractivity (Wildman–Crippen MR) is 75.4 cm³/mol. The zero-order valence-electron chi connectivity index (χ0n) is 10.9. The summed E-state index contributed by atoms with van der Waals surface area (Å²) < 4.78 is 2.03. The molecule has 100 valence electrons. The van der Waals surface area contributed by atoms with E-state index in [1.807, 2.05) is 35.3 Å². The fourth-order valence-corrected chi connectivity index (χ4v) is 2.78. The van der Waals surface area contributed by atoms with Gasteiger partial charge in [-0.05, 0) is 24.6 Å². The molecule has 0 bridgehead atoms. The molecule has 1 fully saturated rings. The fourth-order valence-electron chi connectivity index (χ4n) is 2.78. The topological polar surface area (TPSA) is 59.7 Å². The summed E-state index contributed by atoms with van der Waals surface area (Å²) in [7, 11) is 0. The van der Waals surface area contributed by atoms with Crippen molar-refractivity contribution >= 4 is 16.9 Å². The maximum atomic E-state index is 4.45. The third-order valence-electron chi connectivity index (χ3n) is 3.75. The van der Waals surface area contributed by atoms with Crippen LogP contribution in [0, 0.1) is 0 Å². The average Bonchev–Trinajstić information content (AvgIpc) is 3.17. The Morgan fingerprint density at radius 3 is 3.00 bits per heavy atom. The van der Waals surface area contributed by atoms with E-state index in [2.05, 4.69) is 25.0 Å². The molecule has 1 saturated heterocycles. The first-order valence-corrected chi connectivity index (χ1v) is 6.71. The molecule has 6 heteroatoms. The summed E-state index contributed by atoms with van der Waals surface area (Å²) in [6, 6.07) is 6.33. The van der Waals surface area contributed by atoms with Gasteiger partial charge in [-0.1, -0.05) is 0 Å². The summed E-state index contributed by atoms with van der Waals surface area (Å²) in [4.78, 5) is 15.2. The van der Waals surface area contributed by atoms with Crippen LogP contribution in [-0.4, -0.2) is 37.8 Å². The second-order valence-corrected chi connectivity index (χ2v) is 4.95. The fraction of sp³-hybridized carbons (Fsp3) is 0.286. The highest BCUT2D eigenvalue weighted by atomic mass is 15.3. The average molecular weight is 266 g/mol. The van der Waals surface area contributed by atoms with Crippen molar-refractivity contribution in [1.82, 2.24) is 24.7 Å². The van der Waals surface area contributed by atoms with E-state index in [0.717, 1.165) is 36.4 Å². The molecule has 0 radical (unpaired) electrons. The van der Waals surface area contributed by atoms with Crippen molar-refractivity contribution in [3.8, 4) is 0 Å². The number of hydrogen-bond acceptors (Lipinski definition) is 5. The number of hydrogen-bond donors (Lipinski definition) is 0. The van der Waals surface area contributed by atoms with Gasteiger partial charge in [-0.3, -0.25) is 4.68 Å². The minimum atomic E-state index is 0.409. The van der Waals surface area contributed by atoms with Gasteiger partial charge in [-0.15, -0.1) is 0 Å². The number of nitrogens with zero attached hydrogens (tertiary/aromatic N) is 6. The van der Waals surface area contributed by atoms with Gasteiger partial charge in [-0.25, -0.2) is 15.0 Å². The van der Waals surface area contributed by atoms with Gasteiger partial charge in [0.05, 0.1) is 11.4 Å². The maximum absolute atomic E-state index is 4.45. The third kappa shape index (κ3) is 1.80. The molecule has 0 aromatic carbocycles. The number of rotatable bonds is 2. The Kier molecular flexibility index (Phi) is 2.58. The van der Waals surface area contributed by atoms with E-state index < -0.39 is 0 Å². The van der Waals surface area contributed by atoms with Crippen LogP contribution in [0.3, 0.4) is 0 Å². The molecule has 0 spiro atoms. The molecular formula is C14H14N6. The SMILES string of the molecule is c1cnc2ncnc(N3CCC(n4cccn4)C3)c2c1. The minimum absolute atomic E-state index is 0.409. The Hall–Kier alpha value is -2.50. The number of anilines is 1. The molecule has 1 aliphatic heterocycles. The van der Waals surface area contributed by atoms with E-state index >= 15 is 0 Å². The Bertz CT molecular complexity index is 718. The van der Waals surface area contributed by atoms with E-state index in [1.165, 1.54) is 0 Å². The number of fused-ring (bicyclic) bond motifs is 1. The zero-order chi connectivity index (χ0) is 13.4. The van der Waals surface area contributed by atoms with Gasteiger partial charge in [-0.2, -0.15) is 5.10 Å². The molecule has 3 aromatic heterocycles. The van der Waals surface area contributed by atoms with Crippen LogP contribution in [-0.2, 0) is 0 Å². The van der Waals surface area contributed by atoms with Gasteiger partial charge >= 0.3 is 0 Å². The Labute approximate surface area is 116 Å². The summed E-state index contributed by atoms with van der Waals surface area (Å²) >= 11 is 0. The van der Waals surface area contributed by atoms with Crippen molar-refractivity contribution in [3.05, 3.63) is 43.1 Å². The molecule has 4 heterocycles. The molecule has 0 N–H and O–H groups in total. The quantitative estimate of drug-likeness (QED) is 0.706. The molecule has 0 aliphatic carbocycles. The minimum Gasteiger partial charge on any atom is -0.354 e. The summed E-state index contributed by atoms with van der Waals surface area (Å²) in [5.41, 5.74) is 0.750. The largest absolute Gasteiger partial charge is 0.354 e. The number of aromatic nitrogens is 5. The molecule has 0 saturated carbocycles. The maximum Gasteiger partial charge on any atom is 0.164 e. The van der Waals surface area contributed by atoms with Crippen molar-refractivity contribution in [1.29, 1.82) is 0 Å². The summed E-state index contributed by atoms with van der Waals surface area (Å²) in [6.07, 6.45) is 8.27. The molecule has 1 aliphatic rings. The van der Waals surface area contributed by atoms with Crippen molar-refractivity contribution in [3.63, 3.8) is 0 Å². The normalized spacial score (nSPS) is 18.8. The van der Waals surface area contributed by atoms with Gasteiger partial charge in [0.15, 0.2) is 5.65 Å². The molecular weight excluding hydrogens is 252 g/mol. The zero-order valence-corrected chi connectivity index (χ0v) is 10.9. The Morgan fingerprint density at radius 1 is 1.10 bits per heavy atom. The molecule has 20 heavy (non-hydrogen) atoms. The van der Waals surface area contributed by atoms with Crippen LogP contribution in [0.1, 0.15) is 12.5 Å². The van der Waals surface area contributed by atoms with Crippen molar-refractivity contribution < 1.29 is 0 Å². The second kappa shape index (κ2) is 4.56. The molecule has 1 atom stereocenters. The van der Waals surface area contributed by atoms with Crippen LogP contribution in [0.5, 0.6) is 0 Å². The summed E-state index contributed by atoms with van der Waals surface area (Å²) in [6.45, 7) is 1.90. The highest BCUT2D eigenvalue weighted by molar-refractivity contribution is 5.86. The molecule has 3 aromatic rings. The van der Waals surface area contributed by atoms with E-state index in [9.17, 15) is 0 Å². The van der Waals surface area contributed by atoms with Crippen molar-refractivity contribution in [2.24, 2.45) is 0 Å². The van der Waals surface area contributed by atoms with Gasteiger partial charge in [0.25, 0.3) is 0 Å². The number of pyridine rings is 1. The molecule has 0 amide bonds. The highest BCUT2D eigenvalue weighted by Gasteiger charge is 2.26. The van der Waals surface area contributed by atoms with E-state index in [1.54, 1.807) is 12.5 Å². The lowest BCUT2D eigenvalue weighted by Crippen LogP contribution is -2.22. The second-order valence-electron chi connectivity index (χ2n) is 4.95. The molecule has 1 unspecified atom stereocenters. The van der Waals surface area contributed by atoms with Gasteiger partial charge in [0.1, 0.15) is 12.1 Å². The van der Waals surface area contributed by atoms with Crippen LogP contribution in [0.25, 0.3) is 11.0 Å². The smallest absolute Gasteiger partial charge is 0.164 e. The predicted octanol–water partition coefficient (Wildman–Crippen LogP) is 1.67. The van der Waals surface area contributed by atoms with Crippen molar-refractivity contribution in [2.45, 2.75) is 12.5 Å². The van der Waals surface area contributed by atoms with E-state index in [0.29, 0.717) is 6.04 Å². The van der Waals surface area contributed by atoms with Crippen LogP contribution in [0.4, 0.5) is 5.82 Å². The van der Waals surface area contributed by atoms with Gasteiger partial charge in [0, 0.05) is 31.7 Å². The summed E-state index contributed by atoms with van der Waals surface area (Å²) in [5.74, 6) is 0.970. The van der Waals surface area contributed by atoms with Gasteiger partial charge < -0.3 is 4.90 Å². The first-order chi connectivity index (χ1) is 9.92. The highest BCUT2D eigenvalue weighted by Crippen LogP contribution is 2.28. The van der Waals surface area contributed by atoms with Crippen LogP contribution in [0.15, 0.2) is 43.1 Å². The first kappa shape index (κ1) is 11.3. The van der Waals surface area contributed by atoms with Crippen LogP contribution >= 0.6 is 0 Å². The van der Waals surface area contributed by atoms with Crippen molar-refractivity contribution in [2.75, 3.05) is 18.0 Å². The summed E-state index contributed by atoms with van der Waals surface area (Å²) in [5, 5.41) is 5.34. The van der Waals surface area contributed by atoms with Crippen LogP contribution in [0.2, 0.25) is 0 Å². The lowest BCUT2D eigenvalue weighted by Gasteiger charge is -2.18. The third-order valence-corrected chi connectivity index (χ3v) is 3.75. The first-order valence-electron chi connectivity index (χ1n) is 6.71. The van der Waals surface area contributed by atoms with E-state index in [-0.39, 0.29) is 0 Å². The molecule has 4 rings (SSSR count). The van der Waals surface area contributed by atoms with Crippen LogP contribution < -0.4 is 4.90 Å².